The minimum absolute atomic E-state index is 0.251. The van der Waals surface area contributed by atoms with E-state index in [2.05, 4.69) is 14.9 Å². The average molecular weight is 398 g/mol. The van der Waals surface area contributed by atoms with Crippen molar-refractivity contribution in [3.8, 4) is 17.2 Å². The molecule has 0 atom stereocenters. The van der Waals surface area contributed by atoms with Gasteiger partial charge in [-0.1, -0.05) is 23.7 Å². The third kappa shape index (κ3) is 5.70. The molecular formula is C18H15ClF3N3O2. The summed E-state index contributed by atoms with van der Waals surface area (Å²) in [5.41, 5.74) is 1.59. The Labute approximate surface area is 158 Å². The van der Waals surface area contributed by atoms with Crippen LogP contribution in [-0.2, 0) is 13.1 Å². The van der Waals surface area contributed by atoms with Crippen molar-refractivity contribution in [3.05, 3.63) is 65.0 Å². The fourth-order valence-electron chi connectivity index (χ4n) is 2.42. The molecule has 2 aromatic carbocycles. The van der Waals surface area contributed by atoms with Crippen LogP contribution in [0, 0.1) is 0 Å². The van der Waals surface area contributed by atoms with E-state index in [1.165, 1.54) is 12.1 Å². The molecule has 3 rings (SSSR count). The lowest BCUT2D eigenvalue weighted by Crippen LogP contribution is -2.18. The second kappa shape index (κ2) is 7.98. The van der Waals surface area contributed by atoms with E-state index < -0.39 is 6.36 Å². The molecule has 1 heterocycles. The van der Waals surface area contributed by atoms with E-state index in [1.807, 2.05) is 11.9 Å². The first-order valence-corrected chi connectivity index (χ1v) is 8.28. The number of aromatic nitrogens is 2. The van der Waals surface area contributed by atoms with Gasteiger partial charge in [0, 0.05) is 17.1 Å². The maximum Gasteiger partial charge on any atom is 0.573 e. The summed E-state index contributed by atoms with van der Waals surface area (Å²) in [6.45, 7) is 0.881. The third-order valence-corrected chi connectivity index (χ3v) is 3.82. The van der Waals surface area contributed by atoms with Crippen LogP contribution >= 0.6 is 11.6 Å². The van der Waals surface area contributed by atoms with Gasteiger partial charge in [0.1, 0.15) is 5.75 Å². The maximum atomic E-state index is 12.2. The predicted octanol–water partition coefficient (Wildman–Crippen LogP) is 4.92. The molecule has 9 heteroatoms. The van der Waals surface area contributed by atoms with Crippen molar-refractivity contribution in [2.45, 2.75) is 19.5 Å². The molecule has 1 aromatic heterocycles. The summed E-state index contributed by atoms with van der Waals surface area (Å²) < 4.78 is 46.0. The highest BCUT2D eigenvalue weighted by Gasteiger charge is 2.30. The smallest absolute Gasteiger partial charge is 0.419 e. The number of hydrogen-bond donors (Lipinski definition) is 0. The molecule has 0 fully saturated rings. The second-order valence-electron chi connectivity index (χ2n) is 5.87. The Hall–Kier alpha value is -2.58. The van der Waals surface area contributed by atoms with Crippen molar-refractivity contribution >= 4 is 11.6 Å². The molecule has 0 bridgehead atoms. The first-order chi connectivity index (χ1) is 12.8. The van der Waals surface area contributed by atoms with Gasteiger partial charge in [-0.25, -0.2) is 0 Å². The van der Waals surface area contributed by atoms with Crippen molar-refractivity contribution in [2.24, 2.45) is 0 Å². The Morgan fingerprint density at radius 3 is 2.30 bits per heavy atom. The lowest BCUT2D eigenvalue weighted by molar-refractivity contribution is -0.274. The van der Waals surface area contributed by atoms with Crippen molar-refractivity contribution in [1.82, 2.24) is 15.1 Å². The molecule has 0 spiro atoms. The fraction of sp³-hybridized carbons (Fsp3) is 0.222. The van der Waals surface area contributed by atoms with Gasteiger partial charge in [-0.15, -0.1) is 23.4 Å². The largest absolute Gasteiger partial charge is 0.573 e. The van der Waals surface area contributed by atoms with Crippen molar-refractivity contribution in [3.63, 3.8) is 0 Å². The van der Waals surface area contributed by atoms with Gasteiger partial charge >= 0.3 is 6.36 Å². The van der Waals surface area contributed by atoms with Crippen molar-refractivity contribution < 1.29 is 22.3 Å². The molecule has 0 aliphatic carbocycles. The molecule has 0 unspecified atom stereocenters. The van der Waals surface area contributed by atoms with Gasteiger partial charge in [-0.2, -0.15) is 0 Å². The molecule has 0 amide bonds. The number of benzene rings is 2. The van der Waals surface area contributed by atoms with Crippen LogP contribution in [0.3, 0.4) is 0 Å². The monoisotopic (exact) mass is 397 g/mol. The Morgan fingerprint density at radius 2 is 1.67 bits per heavy atom. The van der Waals surface area contributed by atoms with Crippen LogP contribution in [0.15, 0.2) is 52.9 Å². The van der Waals surface area contributed by atoms with Gasteiger partial charge in [0.25, 0.3) is 0 Å². The first kappa shape index (κ1) is 19.2. The molecule has 0 saturated heterocycles. The summed E-state index contributed by atoms with van der Waals surface area (Å²) in [6, 6.07) is 12.7. The van der Waals surface area contributed by atoms with E-state index in [9.17, 15) is 13.2 Å². The van der Waals surface area contributed by atoms with Gasteiger partial charge in [-0.05, 0) is 49.0 Å². The minimum Gasteiger partial charge on any atom is -0.419 e. The Morgan fingerprint density at radius 1 is 1.00 bits per heavy atom. The van der Waals surface area contributed by atoms with E-state index in [-0.39, 0.29) is 5.75 Å². The van der Waals surface area contributed by atoms with Gasteiger partial charge in [-0.3, -0.25) is 4.90 Å². The van der Waals surface area contributed by atoms with Crippen LogP contribution in [-0.4, -0.2) is 28.5 Å². The van der Waals surface area contributed by atoms with E-state index >= 15 is 0 Å². The first-order valence-electron chi connectivity index (χ1n) is 7.90. The number of alkyl halides is 3. The zero-order valence-corrected chi connectivity index (χ0v) is 15.0. The highest BCUT2D eigenvalue weighted by Crippen LogP contribution is 2.23. The average Bonchev–Trinajstić information content (AvgIpc) is 3.04. The summed E-state index contributed by atoms with van der Waals surface area (Å²) in [4.78, 5) is 1.90. The molecule has 0 saturated carbocycles. The molecule has 3 aromatic rings. The number of hydrogen-bond acceptors (Lipinski definition) is 5. The molecule has 142 valence electrons. The van der Waals surface area contributed by atoms with E-state index in [4.69, 9.17) is 16.0 Å². The molecular weight excluding hydrogens is 383 g/mol. The molecule has 0 N–H and O–H groups in total. The van der Waals surface area contributed by atoms with Gasteiger partial charge < -0.3 is 9.15 Å². The van der Waals surface area contributed by atoms with E-state index in [0.29, 0.717) is 29.9 Å². The highest BCUT2D eigenvalue weighted by atomic mass is 35.5. The Balaban J connectivity index is 1.58. The minimum atomic E-state index is -4.70. The van der Waals surface area contributed by atoms with Gasteiger partial charge in [0.05, 0.1) is 6.54 Å². The number of halogens is 4. The summed E-state index contributed by atoms with van der Waals surface area (Å²) in [5.74, 6) is 0.571. The number of nitrogens with zero attached hydrogens (tertiary/aromatic N) is 3. The normalized spacial score (nSPS) is 11.8. The number of ether oxygens (including phenoxy) is 1. The van der Waals surface area contributed by atoms with Crippen LogP contribution in [0.5, 0.6) is 5.75 Å². The van der Waals surface area contributed by atoms with Crippen LogP contribution < -0.4 is 4.74 Å². The van der Waals surface area contributed by atoms with Gasteiger partial charge in [0.2, 0.25) is 11.8 Å². The van der Waals surface area contributed by atoms with E-state index in [1.54, 1.807) is 36.4 Å². The highest BCUT2D eigenvalue weighted by molar-refractivity contribution is 6.30. The number of rotatable bonds is 6. The summed E-state index contributed by atoms with van der Waals surface area (Å²) >= 11 is 5.85. The van der Waals surface area contributed by atoms with Crippen molar-refractivity contribution in [2.75, 3.05) is 7.05 Å². The molecule has 0 aliphatic rings. The molecule has 27 heavy (non-hydrogen) atoms. The second-order valence-corrected chi connectivity index (χ2v) is 6.31. The molecule has 0 aliphatic heterocycles. The van der Waals surface area contributed by atoms with Crippen LogP contribution in [0.2, 0.25) is 5.02 Å². The van der Waals surface area contributed by atoms with E-state index in [0.717, 1.165) is 11.1 Å². The lowest BCUT2D eigenvalue weighted by Gasteiger charge is -2.15. The van der Waals surface area contributed by atoms with Crippen LogP contribution in [0.1, 0.15) is 11.5 Å². The van der Waals surface area contributed by atoms with Crippen molar-refractivity contribution in [1.29, 1.82) is 0 Å². The standard InChI is InChI=1S/C18H15ClF3N3O2/c1-25(10-12-2-8-15(9-3-12)27-18(20,21)22)11-16-23-24-17(26-16)13-4-6-14(19)7-5-13/h2-9H,10-11H2,1H3. The zero-order valence-electron chi connectivity index (χ0n) is 14.2. The summed E-state index contributed by atoms with van der Waals surface area (Å²) in [7, 11) is 1.84. The maximum absolute atomic E-state index is 12.2. The third-order valence-electron chi connectivity index (χ3n) is 3.57. The zero-order chi connectivity index (χ0) is 19.4. The topological polar surface area (TPSA) is 51.4 Å². The van der Waals surface area contributed by atoms with Crippen LogP contribution in [0.4, 0.5) is 13.2 Å². The molecule has 5 nitrogen and oxygen atoms in total. The molecule has 0 radical (unpaired) electrons. The Bertz CT molecular complexity index is 880. The predicted molar refractivity (Wildman–Crippen MR) is 93.0 cm³/mol. The van der Waals surface area contributed by atoms with Crippen LogP contribution in [0.25, 0.3) is 11.5 Å². The quantitative estimate of drug-likeness (QED) is 0.591. The SMILES string of the molecule is CN(Cc1ccc(OC(F)(F)F)cc1)Cc1nnc(-c2ccc(Cl)cc2)o1. The Kier molecular flexibility index (Phi) is 5.67. The summed E-state index contributed by atoms with van der Waals surface area (Å²) in [6.07, 6.45) is -4.70. The van der Waals surface area contributed by atoms with Gasteiger partial charge in [0.15, 0.2) is 0 Å². The fourth-order valence-corrected chi connectivity index (χ4v) is 2.55. The lowest BCUT2D eigenvalue weighted by atomic mass is 10.2. The summed E-state index contributed by atoms with van der Waals surface area (Å²) in [5, 5.41) is 8.64.